The van der Waals surface area contributed by atoms with E-state index in [1.54, 1.807) is 0 Å². The third-order valence-electron chi connectivity index (χ3n) is 3.67. The van der Waals surface area contributed by atoms with Crippen LogP contribution >= 0.6 is 0 Å². The van der Waals surface area contributed by atoms with Gasteiger partial charge in [0.2, 0.25) is 0 Å². The molecule has 0 saturated heterocycles. The van der Waals surface area contributed by atoms with Crippen LogP contribution in [0.1, 0.15) is 40.0 Å². The zero-order valence-corrected chi connectivity index (χ0v) is 10.5. The maximum Gasteiger partial charge on any atom is 0.309 e. The van der Waals surface area contributed by atoms with Crippen molar-refractivity contribution in [3.63, 3.8) is 0 Å². The highest BCUT2D eigenvalue weighted by Crippen LogP contribution is 2.45. The molecule has 0 bridgehead atoms. The average molecular weight is 228 g/mol. The van der Waals surface area contributed by atoms with Crippen molar-refractivity contribution in [2.45, 2.75) is 45.6 Å². The molecule has 0 heterocycles. The van der Waals surface area contributed by atoms with Crippen LogP contribution in [0.4, 0.5) is 0 Å². The third kappa shape index (κ3) is 2.74. The van der Waals surface area contributed by atoms with Gasteiger partial charge in [-0.3, -0.25) is 4.79 Å². The number of carboxylic acid groups (broad SMARTS) is 1. The second-order valence-corrected chi connectivity index (χ2v) is 6.21. The first-order valence-corrected chi connectivity index (χ1v) is 5.92. The fraction of sp³-hybridized carbons (Fsp3) is 0.917. The molecule has 1 fully saturated rings. The van der Waals surface area contributed by atoms with Crippen molar-refractivity contribution in [3.8, 4) is 0 Å². The number of rotatable bonds is 3. The van der Waals surface area contributed by atoms with Gasteiger partial charge in [0.05, 0.1) is 5.92 Å². The Labute approximate surface area is 97.4 Å². The van der Waals surface area contributed by atoms with Gasteiger partial charge < -0.3 is 16.6 Å². The van der Waals surface area contributed by atoms with E-state index in [1.807, 2.05) is 0 Å². The number of hydrogen-bond acceptors (Lipinski definition) is 3. The maximum absolute atomic E-state index is 11.2. The summed E-state index contributed by atoms with van der Waals surface area (Å²) in [5.74, 6) is -1.04. The Kier molecular flexibility index (Phi) is 3.65. The zero-order valence-electron chi connectivity index (χ0n) is 10.5. The summed E-state index contributed by atoms with van der Waals surface area (Å²) >= 11 is 0. The second kappa shape index (κ2) is 4.34. The Bertz CT molecular complexity index is 278. The molecular weight excluding hydrogens is 204 g/mol. The van der Waals surface area contributed by atoms with Gasteiger partial charge in [-0.25, -0.2) is 0 Å². The van der Waals surface area contributed by atoms with Gasteiger partial charge >= 0.3 is 5.97 Å². The van der Waals surface area contributed by atoms with Crippen molar-refractivity contribution in [2.24, 2.45) is 28.7 Å². The molecule has 0 radical (unpaired) electrons. The molecule has 4 heteroatoms. The summed E-state index contributed by atoms with van der Waals surface area (Å²) in [4.78, 5) is 11.2. The van der Waals surface area contributed by atoms with E-state index in [1.165, 1.54) is 0 Å². The fourth-order valence-corrected chi connectivity index (χ4v) is 3.55. The minimum absolute atomic E-state index is 0.106. The number of nitrogens with two attached hydrogens (primary N) is 2. The lowest BCUT2D eigenvalue weighted by molar-refractivity contribution is -0.145. The molecule has 3 unspecified atom stereocenters. The first-order valence-electron chi connectivity index (χ1n) is 5.92. The Morgan fingerprint density at radius 1 is 1.50 bits per heavy atom. The summed E-state index contributed by atoms with van der Waals surface area (Å²) in [5.41, 5.74) is 11.3. The normalized spacial score (nSPS) is 35.7. The summed E-state index contributed by atoms with van der Waals surface area (Å²) in [7, 11) is 0. The standard InChI is InChI=1S/C12H24N2O2/c1-8-4-11(2,3)7-12(14,5-8)9(6-13)10(15)16/h8-9H,4-7,13-14H2,1-3H3,(H,15,16). The number of carboxylic acids is 1. The van der Waals surface area contributed by atoms with Crippen LogP contribution in [0.2, 0.25) is 0 Å². The average Bonchev–Trinajstić information content (AvgIpc) is 1.97. The van der Waals surface area contributed by atoms with Gasteiger partial charge in [0, 0.05) is 12.1 Å². The van der Waals surface area contributed by atoms with Gasteiger partial charge in [-0.15, -0.1) is 0 Å². The highest BCUT2D eigenvalue weighted by Gasteiger charge is 2.47. The number of carbonyl (C=O) groups is 1. The molecule has 0 aromatic heterocycles. The summed E-state index contributed by atoms with van der Waals surface area (Å²) in [6, 6.07) is 0. The van der Waals surface area contributed by atoms with Crippen LogP contribution in [0.5, 0.6) is 0 Å². The molecule has 0 spiro atoms. The van der Waals surface area contributed by atoms with E-state index in [-0.39, 0.29) is 12.0 Å². The van der Waals surface area contributed by atoms with E-state index in [2.05, 4.69) is 20.8 Å². The molecule has 0 aromatic rings. The maximum atomic E-state index is 11.2. The van der Waals surface area contributed by atoms with Crippen LogP contribution < -0.4 is 11.5 Å². The Morgan fingerprint density at radius 3 is 2.44 bits per heavy atom. The van der Waals surface area contributed by atoms with Gasteiger partial charge in [0.1, 0.15) is 0 Å². The highest BCUT2D eigenvalue weighted by atomic mass is 16.4. The topological polar surface area (TPSA) is 89.3 Å². The van der Waals surface area contributed by atoms with Gasteiger partial charge in [-0.1, -0.05) is 20.8 Å². The van der Waals surface area contributed by atoms with Crippen LogP contribution in [0.3, 0.4) is 0 Å². The van der Waals surface area contributed by atoms with Crippen LogP contribution in [0.15, 0.2) is 0 Å². The lowest BCUT2D eigenvalue weighted by Gasteiger charge is -2.48. The van der Waals surface area contributed by atoms with Crippen molar-refractivity contribution < 1.29 is 9.90 Å². The minimum Gasteiger partial charge on any atom is -0.481 e. The molecule has 4 nitrogen and oxygen atoms in total. The minimum atomic E-state index is -0.866. The van der Waals surface area contributed by atoms with Gasteiger partial charge in [-0.2, -0.15) is 0 Å². The summed E-state index contributed by atoms with van der Waals surface area (Å²) in [5, 5.41) is 9.19. The molecule has 16 heavy (non-hydrogen) atoms. The van der Waals surface area contributed by atoms with E-state index in [9.17, 15) is 9.90 Å². The van der Waals surface area contributed by atoms with E-state index in [0.29, 0.717) is 5.92 Å². The molecule has 3 atom stereocenters. The Balaban J connectivity index is 2.94. The lowest BCUT2D eigenvalue weighted by Crippen LogP contribution is -2.58. The van der Waals surface area contributed by atoms with Gasteiger partial charge in [0.15, 0.2) is 0 Å². The Hall–Kier alpha value is -0.610. The van der Waals surface area contributed by atoms with E-state index in [0.717, 1.165) is 19.3 Å². The van der Waals surface area contributed by atoms with Gasteiger partial charge in [-0.05, 0) is 30.6 Å². The van der Waals surface area contributed by atoms with Crippen LogP contribution in [-0.4, -0.2) is 23.2 Å². The summed E-state index contributed by atoms with van der Waals surface area (Å²) < 4.78 is 0. The smallest absolute Gasteiger partial charge is 0.309 e. The third-order valence-corrected chi connectivity index (χ3v) is 3.67. The van der Waals surface area contributed by atoms with E-state index in [4.69, 9.17) is 11.5 Å². The molecule has 1 aliphatic rings. The SMILES string of the molecule is CC1CC(C)(C)CC(N)(C(CN)C(=O)O)C1. The second-order valence-electron chi connectivity index (χ2n) is 6.21. The van der Waals surface area contributed by atoms with E-state index < -0.39 is 17.4 Å². The molecule has 94 valence electrons. The Morgan fingerprint density at radius 2 is 2.06 bits per heavy atom. The van der Waals surface area contributed by atoms with Crippen molar-refractivity contribution >= 4 is 5.97 Å². The number of aliphatic carboxylic acids is 1. The predicted molar refractivity (Wildman–Crippen MR) is 63.9 cm³/mol. The molecule has 1 rings (SSSR count). The molecule has 1 aliphatic carbocycles. The summed E-state index contributed by atoms with van der Waals surface area (Å²) in [6.45, 7) is 6.56. The monoisotopic (exact) mass is 228 g/mol. The highest BCUT2D eigenvalue weighted by molar-refractivity contribution is 5.72. The molecule has 0 aliphatic heterocycles. The van der Waals surface area contributed by atoms with Gasteiger partial charge in [0.25, 0.3) is 0 Å². The van der Waals surface area contributed by atoms with Crippen molar-refractivity contribution in [1.29, 1.82) is 0 Å². The first-order chi connectivity index (χ1) is 7.20. The quantitative estimate of drug-likeness (QED) is 0.677. The molecule has 0 aromatic carbocycles. The largest absolute Gasteiger partial charge is 0.481 e. The molecular formula is C12H24N2O2. The zero-order chi connectivity index (χ0) is 12.6. The van der Waals surface area contributed by atoms with Crippen molar-refractivity contribution in [2.75, 3.05) is 6.54 Å². The van der Waals surface area contributed by atoms with Crippen LogP contribution in [-0.2, 0) is 4.79 Å². The van der Waals surface area contributed by atoms with E-state index >= 15 is 0 Å². The number of hydrogen-bond donors (Lipinski definition) is 3. The lowest BCUT2D eigenvalue weighted by atomic mass is 9.60. The molecule has 1 saturated carbocycles. The van der Waals surface area contributed by atoms with Crippen LogP contribution in [0, 0.1) is 17.3 Å². The predicted octanol–water partition coefficient (Wildman–Crippen LogP) is 1.19. The molecule has 5 N–H and O–H groups in total. The van der Waals surface area contributed by atoms with Crippen LogP contribution in [0.25, 0.3) is 0 Å². The fourth-order valence-electron chi connectivity index (χ4n) is 3.55. The van der Waals surface area contributed by atoms with Crippen molar-refractivity contribution in [1.82, 2.24) is 0 Å². The molecule has 0 amide bonds. The van der Waals surface area contributed by atoms with Crippen molar-refractivity contribution in [3.05, 3.63) is 0 Å². The summed E-state index contributed by atoms with van der Waals surface area (Å²) in [6.07, 6.45) is 2.59. The first kappa shape index (κ1) is 13.5.